The predicted octanol–water partition coefficient (Wildman–Crippen LogP) is 5.71. The van der Waals surface area contributed by atoms with E-state index in [0.717, 1.165) is 10.5 Å². The Bertz CT molecular complexity index is 1590. The normalized spacial score (nSPS) is 17.5. The molecule has 2 unspecified atom stereocenters. The van der Waals surface area contributed by atoms with Crippen molar-refractivity contribution in [1.82, 2.24) is 15.1 Å². The molecule has 1 saturated heterocycles. The number of nitrogens with one attached hydrogen (secondary N) is 3. The number of carbonyl (C=O) groups excluding carboxylic acids is 4. The van der Waals surface area contributed by atoms with Crippen molar-refractivity contribution in [2.45, 2.75) is 71.6 Å². The van der Waals surface area contributed by atoms with E-state index in [-0.39, 0.29) is 25.3 Å². The molecule has 4 N–H and O–H groups in total. The molecule has 242 valence electrons. The van der Waals surface area contributed by atoms with Crippen molar-refractivity contribution in [2.75, 3.05) is 10.6 Å². The maximum absolute atomic E-state index is 14.3. The van der Waals surface area contributed by atoms with Crippen LogP contribution in [0.4, 0.5) is 21.0 Å². The highest BCUT2D eigenvalue weighted by Gasteiger charge is 2.58. The number of anilines is 2. The van der Waals surface area contributed by atoms with Crippen molar-refractivity contribution in [3.63, 3.8) is 0 Å². The first-order valence-corrected chi connectivity index (χ1v) is 15.3. The van der Waals surface area contributed by atoms with Crippen molar-refractivity contribution in [1.29, 1.82) is 0 Å². The molecule has 0 radical (unpaired) electrons. The molecule has 3 aromatic carbocycles. The minimum atomic E-state index is -1.43. The van der Waals surface area contributed by atoms with Crippen LogP contribution in [0.5, 0.6) is 0 Å². The maximum Gasteiger partial charge on any atom is 0.329 e. The summed E-state index contributed by atoms with van der Waals surface area (Å²) in [5.41, 5.74) is 2.02. The zero-order valence-corrected chi connectivity index (χ0v) is 26.7. The molecule has 3 aromatic rings. The number of aliphatic carboxylic acids is 1. The zero-order chi connectivity index (χ0) is 33.6. The summed E-state index contributed by atoms with van der Waals surface area (Å²) in [5.74, 6) is -2.24. The van der Waals surface area contributed by atoms with Crippen LogP contribution >= 0.6 is 0 Å². The van der Waals surface area contributed by atoms with Gasteiger partial charge in [0.2, 0.25) is 5.91 Å². The fourth-order valence-electron chi connectivity index (χ4n) is 5.60. The van der Waals surface area contributed by atoms with Crippen molar-refractivity contribution in [2.24, 2.45) is 5.92 Å². The molecule has 11 nitrogen and oxygen atoms in total. The van der Waals surface area contributed by atoms with E-state index in [1.54, 1.807) is 62.4 Å². The highest BCUT2D eigenvalue weighted by Crippen LogP contribution is 2.40. The van der Waals surface area contributed by atoms with Gasteiger partial charge in [0.15, 0.2) is 0 Å². The van der Waals surface area contributed by atoms with Gasteiger partial charge in [-0.1, -0.05) is 74.5 Å². The number of rotatable bonds is 12. The number of nitrogens with zero attached hydrogens (tertiary/aromatic N) is 2. The Balaban J connectivity index is 1.60. The lowest BCUT2D eigenvalue weighted by Gasteiger charge is -2.32. The summed E-state index contributed by atoms with van der Waals surface area (Å²) in [6.07, 6.45) is -0.0962. The van der Waals surface area contributed by atoms with Gasteiger partial charge < -0.3 is 26.0 Å². The van der Waals surface area contributed by atoms with Crippen molar-refractivity contribution < 1.29 is 29.1 Å². The summed E-state index contributed by atoms with van der Waals surface area (Å²) in [6, 6.07) is 20.5. The minimum Gasteiger partial charge on any atom is -0.481 e. The second kappa shape index (κ2) is 14.3. The second-order valence-electron chi connectivity index (χ2n) is 12.2. The fourth-order valence-corrected chi connectivity index (χ4v) is 5.60. The van der Waals surface area contributed by atoms with Crippen LogP contribution in [0.1, 0.15) is 57.2 Å². The molecule has 6 amide bonds. The highest BCUT2D eigenvalue weighted by molar-refractivity contribution is 6.10. The molecule has 0 spiro atoms. The van der Waals surface area contributed by atoms with Gasteiger partial charge in [-0.25, -0.2) is 14.5 Å². The van der Waals surface area contributed by atoms with E-state index in [9.17, 15) is 29.1 Å². The molecule has 11 heteroatoms. The lowest BCUT2D eigenvalue weighted by molar-refractivity contribution is -0.141. The van der Waals surface area contributed by atoms with Crippen LogP contribution in [0, 0.1) is 12.8 Å². The molecular weight excluding hydrogens is 586 g/mol. The third-order valence-corrected chi connectivity index (χ3v) is 8.07. The van der Waals surface area contributed by atoms with E-state index < -0.39 is 47.5 Å². The molecule has 1 heterocycles. The van der Waals surface area contributed by atoms with Crippen LogP contribution in [-0.2, 0) is 26.5 Å². The number of amides is 6. The van der Waals surface area contributed by atoms with E-state index in [2.05, 4.69) is 16.0 Å². The van der Waals surface area contributed by atoms with Gasteiger partial charge in [-0.05, 0) is 68.0 Å². The number of urea groups is 2. The van der Waals surface area contributed by atoms with Gasteiger partial charge in [-0.3, -0.25) is 14.4 Å². The van der Waals surface area contributed by atoms with Gasteiger partial charge in [-0.2, -0.15) is 0 Å². The van der Waals surface area contributed by atoms with Crippen LogP contribution in [0.2, 0.25) is 0 Å². The lowest BCUT2D eigenvalue weighted by Crippen LogP contribution is -2.53. The average molecular weight is 628 g/mol. The number of carboxylic acids is 1. The third kappa shape index (κ3) is 7.53. The Labute approximate surface area is 269 Å². The van der Waals surface area contributed by atoms with Gasteiger partial charge in [0.05, 0.1) is 6.42 Å². The largest absolute Gasteiger partial charge is 0.481 e. The zero-order valence-electron chi connectivity index (χ0n) is 26.7. The SMILES string of the molecule is Cc1ccccc1NC(=O)Nc1ccc(CN2C(=O)N(C(CC(C)C)C(=O)NC(C)CC(=O)O)C(=O)[C@@]2(C)c2ccccc2)cc1. The van der Waals surface area contributed by atoms with E-state index in [0.29, 0.717) is 22.5 Å². The van der Waals surface area contributed by atoms with Crippen molar-refractivity contribution in [3.8, 4) is 0 Å². The van der Waals surface area contributed by atoms with Gasteiger partial charge in [-0.15, -0.1) is 0 Å². The van der Waals surface area contributed by atoms with E-state index >= 15 is 0 Å². The average Bonchev–Trinajstić information content (AvgIpc) is 3.18. The molecule has 0 aromatic heterocycles. The number of carbonyl (C=O) groups is 5. The van der Waals surface area contributed by atoms with Crippen molar-refractivity contribution >= 4 is 41.2 Å². The fraction of sp³-hybridized carbons (Fsp3) is 0.343. The van der Waals surface area contributed by atoms with E-state index in [1.807, 2.05) is 51.1 Å². The molecular formula is C35H41N5O6. The summed E-state index contributed by atoms with van der Waals surface area (Å²) in [5, 5.41) is 17.5. The van der Waals surface area contributed by atoms with Gasteiger partial charge in [0.1, 0.15) is 11.6 Å². The first-order chi connectivity index (χ1) is 21.8. The number of benzene rings is 3. The topological polar surface area (TPSA) is 148 Å². The van der Waals surface area contributed by atoms with Crippen LogP contribution in [-0.4, -0.2) is 56.8 Å². The third-order valence-electron chi connectivity index (χ3n) is 8.07. The summed E-state index contributed by atoms with van der Waals surface area (Å²) < 4.78 is 0. The first-order valence-electron chi connectivity index (χ1n) is 15.3. The predicted molar refractivity (Wildman–Crippen MR) is 175 cm³/mol. The Hall–Kier alpha value is -5.19. The Kier molecular flexibility index (Phi) is 10.5. The number of carboxylic acid groups (broad SMARTS) is 1. The van der Waals surface area contributed by atoms with Crippen LogP contribution in [0.25, 0.3) is 0 Å². The summed E-state index contributed by atoms with van der Waals surface area (Å²) >= 11 is 0. The number of hydrogen-bond donors (Lipinski definition) is 4. The lowest BCUT2D eigenvalue weighted by atomic mass is 9.89. The van der Waals surface area contributed by atoms with Crippen molar-refractivity contribution in [3.05, 3.63) is 95.6 Å². The van der Waals surface area contributed by atoms with Crippen LogP contribution < -0.4 is 16.0 Å². The summed E-state index contributed by atoms with van der Waals surface area (Å²) in [6.45, 7) is 8.96. The molecule has 0 saturated carbocycles. The molecule has 1 fully saturated rings. The van der Waals surface area contributed by atoms with Crippen LogP contribution in [0.15, 0.2) is 78.9 Å². The monoisotopic (exact) mass is 627 g/mol. The highest BCUT2D eigenvalue weighted by atomic mass is 16.4. The number of para-hydroxylation sites is 1. The minimum absolute atomic E-state index is 0.0492. The van der Waals surface area contributed by atoms with Gasteiger partial charge in [0.25, 0.3) is 5.91 Å². The van der Waals surface area contributed by atoms with Crippen LogP contribution in [0.3, 0.4) is 0 Å². The maximum atomic E-state index is 14.3. The van der Waals surface area contributed by atoms with Gasteiger partial charge in [0, 0.05) is 24.0 Å². The van der Waals surface area contributed by atoms with Gasteiger partial charge >= 0.3 is 18.0 Å². The Morgan fingerprint density at radius 1 is 0.870 bits per heavy atom. The molecule has 3 atom stereocenters. The quantitative estimate of drug-likeness (QED) is 0.189. The first kappa shape index (κ1) is 33.7. The molecule has 46 heavy (non-hydrogen) atoms. The molecule has 0 bridgehead atoms. The molecule has 4 rings (SSSR count). The summed E-state index contributed by atoms with van der Waals surface area (Å²) in [4.78, 5) is 68.3. The number of imide groups is 1. The summed E-state index contributed by atoms with van der Waals surface area (Å²) in [7, 11) is 0. The second-order valence-corrected chi connectivity index (χ2v) is 12.2. The molecule has 0 aliphatic carbocycles. The smallest absolute Gasteiger partial charge is 0.329 e. The standard InChI is InChI=1S/C35H41N5O6/c1-22(2)19-29(31(43)36-24(4)20-30(41)42)40-32(44)35(5,26-12-7-6-8-13-26)39(34(40)46)21-25-15-17-27(18-16-25)37-33(45)38-28-14-10-9-11-23(28)3/h6-18,22,24,29H,19-21H2,1-5H3,(H,36,43)(H,41,42)(H2,37,38,45)/t24?,29?,35-/m1/s1. The molecule has 1 aliphatic heterocycles. The number of hydrogen-bond acceptors (Lipinski definition) is 5. The number of aryl methyl sites for hydroxylation is 1. The molecule has 1 aliphatic rings. The van der Waals surface area contributed by atoms with E-state index in [4.69, 9.17) is 0 Å². The van der Waals surface area contributed by atoms with E-state index in [1.165, 1.54) is 4.90 Å². The Morgan fingerprint density at radius 3 is 2.11 bits per heavy atom. The Morgan fingerprint density at radius 2 is 1.50 bits per heavy atom.